The van der Waals surface area contributed by atoms with Gasteiger partial charge >= 0.3 is 6.03 Å². The summed E-state index contributed by atoms with van der Waals surface area (Å²) in [5, 5.41) is 6.60. The number of amides is 3. The Morgan fingerprint density at radius 1 is 1.24 bits per heavy atom. The minimum Gasteiger partial charge on any atom is -0.337 e. The Hall–Kier alpha value is -3.26. The molecular formula is C20H16ClFN4O3. The Morgan fingerprint density at radius 3 is 2.72 bits per heavy atom. The van der Waals surface area contributed by atoms with Crippen molar-refractivity contribution in [2.24, 2.45) is 0 Å². The van der Waals surface area contributed by atoms with Crippen molar-refractivity contribution in [3.63, 3.8) is 0 Å². The van der Waals surface area contributed by atoms with Gasteiger partial charge in [-0.3, -0.25) is 9.69 Å². The van der Waals surface area contributed by atoms with Crippen LogP contribution in [-0.2, 0) is 16.9 Å². The Morgan fingerprint density at radius 2 is 2.00 bits per heavy atom. The number of nitrogens with zero attached hydrogens (tertiary/aromatic N) is 3. The molecule has 29 heavy (non-hydrogen) atoms. The van der Waals surface area contributed by atoms with Gasteiger partial charge < -0.3 is 9.84 Å². The van der Waals surface area contributed by atoms with E-state index in [1.165, 1.54) is 19.1 Å². The van der Waals surface area contributed by atoms with Crippen LogP contribution in [0, 0.1) is 12.7 Å². The van der Waals surface area contributed by atoms with Crippen LogP contribution < -0.4 is 5.32 Å². The first-order valence-corrected chi connectivity index (χ1v) is 9.15. The predicted molar refractivity (Wildman–Crippen MR) is 102 cm³/mol. The summed E-state index contributed by atoms with van der Waals surface area (Å²) in [5.74, 6) is -0.604. The molecule has 1 aromatic heterocycles. The number of benzene rings is 2. The number of nitrogens with one attached hydrogen (secondary N) is 1. The van der Waals surface area contributed by atoms with Crippen molar-refractivity contribution < 1.29 is 18.5 Å². The molecule has 1 N–H and O–H groups in total. The molecule has 9 heteroatoms. The number of halogens is 2. The highest BCUT2D eigenvalue weighted by Gasteiger charge is 2.50. The Kier molecular flexibility index (Phi) is 4.58. The summed E-state index contributed by atoms with van der Waals surface area (Å²) in [6, 6.07) is 10.5. The normalized spacial score (nSPS) is 19.0. The summed E-state index contributed by atoms with van der Waals surface area (Å²) in [6.07, 6.45) is 0. The Balaban J connectivity index is 1.60. The molecule has 0 aliphatic carbocycles. The van der Waals surface area contributed by atoms with Crippen LogP contribution in [0.4, 0.5) is 9.18 Å². The summed E-state index contributed by atoms with van der Waals surface area (Å²) >= 11 is 6.10. The summed E-state index contributed by atoms with van der Waals surface area (Å²) in [5.41, 5.74) is 0.629. The molecule has 0 saturated carbocycles. The molecular weight excluding hydrogens is 399 g/mol. The average molecular weight is 415 g/mol. The van der Waals surface area contributed by atoms with Gasteiger partial charge in [0.2, 0.25) is 11.7 Å². The van der Waals surface area contributed by atoms with Gasteiger partial charge in [0.1, 0.15) is 17.9 Å². The second-order valence-corrected chi connectivity index (χ2v) is 7.30. The molecule has 1 aliphatic rings. The number of urea groups is 1. The minimum atomic E-state index is -1.43. The summed E-state index contributed by atoms with van der Waals surface area (Å²) < 4.78 is 18.6. The highest BCUT2D eigenvalue weighted by atomic mass is 35.5. The van der Waals surface area contributed by atoms with Gasteiger partial charge in [-0.1, -0.05) is 47.1 Å². The standard InChI is InChI=1S/C20H16ClFN4O3/c1-11-5-3-4-6-13(11)17-23-16(29-25-17)10-26-18(27)20(2,24-19(26)28)14-8-7-12(22)9-15(14)21/h3-9H,10H2,1-2H3,(H,24,28). The van der Waals surface area contributed by atoms with E-state index in [-0.39, 0.29) is 17.5 Å². The first kappa shape index (κ1) is 19.1. The van der Waals surface area contributed by atoms with Crippen LogP contribution in [0.1, 0.15) is 23.9 Å². The molecule has 0 radical (unpaired) electrons. The van der Waals surface area contributed by atoms with E-state index in [4.69, 9.17) is 16.1 Å². The summed E-state index contributed by atoms with van der Waals surface area (Å²) in [4.78, 5) is 30.7. The van der Waals surface area contributed by atoms with Gasteiger partial charge in [-0.25, -0.2) is 9.18 Å². The van der Waals surface area contributed by atoms with Crippen molar-refractivity contribution in [3.8, 4) is 11.4 Å². The Bertz CT molecular complexity index is 1130. The van der Waals surface area contributed by atoms with Crippen molar-refractivity contribution in [1.29, 1.82) is 0 Å². The molecule has 1 unspecified atom stereocenters. The lowest BCUT2D eigenvalue weighted by molar-refractivity contribution is -0.131. The minimum absolute atomic E-state index is 0.0441. The lowest BCUT2D eigenvalue weighted by Gasteiger charge is -2.23. The quantitative estimate of drug-likeness (QED) is 0.656. The predicted octanol–water partition coefficient (Wildman–Crippen LogP) is 3.80. The van der Waals surface area contributed by atoms with E-state index in [1.807, 2.05) is 31.2 Å². The average Bonchev–Trinajstić information content (AvgIpc) is 3.21. The zero-order chi connectivity index (χ0) is 20.8. The fraction of sp³-hybridized carbons (Fsp3) is 0.200. The number of aromatic nitrogens is 2. The van der Waals surface area contributed by atoms with E-state index in [1.54, 1.807) is 0 Å². The van der Waals surface area contributed by atoms with Gasteiger partial charge in [0.05, 0.1) is 0 Å². The van der Waals surface area contributed by atoms with Gasteiger partial charge in [0, 0.05) is 16.1 Å². The number of hydrogen-bond acceptors (Lipinski definition) is 5. The van der Waals surface area contributed by atoms with Crippen LogP contribution in [-0.4, -0.2) is 27.0 Å². The van der Waals surface area contributed by atoms with E-state index in [2.05, 4.69) is 15.5 Å². The molecule has 1 atom stereocenters. The van der Waals surface area contributed by atoms with E-state index in [0.717, 1.165) is 22.1 Å². The third-order valence-corrected chi connectivity index (χ3v) is 5.20. The molecule has 1 saturated heterocycles. The number of carbonyl (C=O) groups is 2. The van der Waals surface area contributed by atoms with Crippen molar-refractivity contribution >= 4 is 23.5 Å². The Labute approximate surface area is 170 Å². The molecule has 0 bridgehead atoms. The van der Waals surface area contributed by atoms with E-state index in [9.17, 15) is 14.0 Å². The molecule has 3 aromatic rings. The number of imide groups is 1. The molecule has 7 nitrogen and oxygen atoms in total. The largest absolute Gasteiger partial charge is 0.337 e. The monoisotopic (exact) mass is 414 g/mol. The van der Waals surface area contributed by atoms with E-state index >= 15 is 0 Å². The van der Waals surface area contributed by atoms with E-state index in [0.29, 0.717) is 11.4 Å². The molecule has 148 valence electrons. The summed E-state index contributed by atoms with van der Waals surface area (Å²) in [7, 11) is 0. The molecule has 4 rings (SSSR count). The zero-order valence-corrected chi connectivity index (χ0v) is 16.3. The molecule has 1 aliphatic heterocycles. The van der Waals surface area contributed by atoms with Crippen LogP contribution >= 0.6 is 11.6 Å². The number of hydrogen-bond donors (Lipinski definition) is 1. The molecule has 1 fully saturated rings. The van der Waals surface area contributed by atoms with Gasteiger partial charge in [0.15, 0.2) is 0 Å². The fourth-order valence-electron chi connectivity index (χ4n) is 3.31. The maximum Gasteiger partial charge on any atom is 0.325 e. The van der Waals surface area contributed by atoms with Gasteiger partial charge in [-0.2, -0.15) is 4.98 Å². The maximum atomic E-state index is 13.4. The SMILES string of the molecule is Cc1ccccc1-c1noc(CN2C(=O)NC(C)(c3ccc(F)cc3Cl)C2=O)n1. The highest BCUT2D eigenvalue weighted by Crippen LogP contribution is 2.34. The molecule has 3 amide bonds. The van der Waals surface area contributed by atoms with Gasteiger partial charge in [-0.05, 0) is 31.5 Å². The van der Waals surface area contributed by atoms with Gasteiger partial charge in [0.25, 0.3) is 5.91 Å². The van der Waals surface area contributed by atoms with Gasteiger partial charge in [-0.15, -0.1) is 0 Å². The third kappa shape index (κ3) is 3.25. The van der Waals surface area contributed by atoms with Crippen LogP contribution in [0.3, 0.4) is 0 Å². The highest BCUT2D eigenvalue weighted by molar-refractivity contribution is 6.32. The smallest absolute Gasteiger partial charge is 0.325 e. The first-order valence-electron chi connectivity index (χ1n) is 8.78. The molecule has 2 heterocycles. The molecule has 0 spiro atoms. The van der Waals surface area contributed by atoms with Crippen molar-refractivity contribution in [3.05, 3.63) is 70.3 Å². The van der Waals surface area contributed by atoms with Crippen molar-refractivity contribution in [2.75, 3.05) is 0 Å². The lowest BCUT2D eigenvalue weighted by atomic mass is 9.92. The second-order valence-electron chi connectivity index (χ2n) is 6.90. The second kappa shape index (κ2) is 6.97. The fourth-order valence-corrected chi connectivity index (χ4v) is 3.66. The van der Waals surface area contributed by atoms with Crippen LogP contribution in [0.5, 0.6) is 0 Å². The number of carbonyl (C=O) groups excluding carboxylic acids is 2. The van der Waals surface area contributed by atoms with Crippen molar-refractivity contribution in [1.82, 2.24) is 20.4 Å². The molecule has 2 aromatic carbocycles. The van der Waals surface area contributed by atoms with Crippen LogP contribution in [0.15, 0.2) is 47.0 Å². The first-order chi connectivity index (χ1) is 13.8. The van der Waals surface area contributed by atoms with E-state index < -0.39 is 23.3 Å². The summed E-state index contributed by atoms with van der Waals surface area (Å²) in [6.45, 7) is 3.23. The van der Waals surface area contributed by atoms with Crippen molar-refractivity contribution in [2.45, 2.75) is 25.9 Å². The van der Waals surface area contributed by atoms with Crippen LogP contribution in [0.25, 0.3) is 11.4 Å². The number of rotatable bonds is 4. The van der Waals surface area contributed by atoms with Crippen LogP contribution in [0.2, 0.25) is 5.02 Å². The number of aryl methyl sites for hydroxylation is 1. The lowest BCUT2D eigenvalue weighted by Crippen LogP contribution is -2.41. The zero-order valence-electron chi connectivity index (χ0n) is 15.6. The topological polar surface area (TPSA) is 88.3 Å². The third-order valence-electron chi connectivity index (χ3n) is 4.89. The maximum absolute atomic E-state index is 13.4.